The predicted octanol–water partition coefficient (Wildman–Crippen LogP) is 4.28. The number of thiol groups is 1. The van der Waals surface area contributed by atoms with Crippen LogP contribution in [0.4, 0.5) is 48.3 Å². The van der Waals surface area contributed by atoms with E-state index in [1.807, 2.05) is 0 Å². The Hall–Kier alpha value is -0.860. The molecule has 0 aliphatic rings. The maximum absolute atomic E-state index is 13.8. The Morgan fingerprint density at radius 1 is 0.704 bits per heavy atom. The second kappa shape index (κ2) is 7.87. The molecular formula is C12H15F11O3S. The highest BCUT2D eigenvalue weighted by atomic mass is 32.2. The molecule has 0 aromatic rings. The van der Waals surface area contributed by atoms with E-state index >= 15 is 0 Å². The standard InChI is InChI=1S/C12H15F11O3S/c1-7(13,14)11(20,21)4-12(22,23)8(2,15)26-5-9(16,17)3-10(18,19)6-27(24)25/h27H,3-6H2,1-2H3. The van der Waals surface area contributed by atoms with Crippen molar-refractivity contribution in [1.29, 1.82) is 0 Å². The van der Waals surface area contributed by atoms with Gasteiger partial charge in [0.05, 0.1) is 12.8 Å². The minimum absolute atomic E-state index is 0.320. The molecule has 0 saturated carbocycles. The largest absolute Gasteiger partial charge is 0.335 e. The van der Waals surface area contributed by atoms with E-state index < -0.39 is 78.3 Å². The third kappa shape index (κ3) is 7.95. The van der Waals surface area contributed by atoms with Gasteiger partial charge < -0.3 is 4.74 Å². The summed E-state index contributed by atoms with van der Waals surface area (Å²) in [5, 5.41) is 0. The molecule has 0 aliphatic heterocycles. The fourth-order valence-corrected chi connectivity index (χ4v) is 2.10. The number of alkyl halides is 11. The van der Waals surface area contributed by atoms with E-state index in [2.05, 4.69) is 4.74 Å². The van der Waals surface area contributed by atoms with Crippen LogP contribution in [-0.2, 0) is 15.4 Å². The molecular weight excluding hydrogens is 433 g/mol. The van der Waals surface area contributed by atoms with E-state index in [4.69, 9.17) is 0 Å². The van der Waals surface area contributed by atoms with Gasteiger partial charge in [0.15, 0.2) is 0 Å². The summed E-state index contributed by atoms with van der Waals surface area (Å²) >= 11 is 0. The Bertz CT molecular complexity index is 574. The van der Waals surface area contributed by atoms with E-state index in [-0.39, 0.29) is 6.92 Å². The summed E-state index contributed by atoms with van der Waals surface area (Å²) in [5.74, 6) is -31.8. The zero-order valence-corrected chi connectivity index (χ0v) is 14.6. The van der Waals surface area contributed by atoms with Crippen LogP contribution in [-0.4, -0.2) is 56.2 Å². The zero-order valence-electron chi connectivity index (χ0n) is 13.7. The van der Waals surface area contributed by atoms with Crippen LogP contribution in [0.3, 0.4) is 0 Å². The van der Waals surface area contributed by atoms with Crippen molar-refractivity contribution in [2.75, 3.05) is 12.4 Å². The van der Waals surface area contributed by atoms with Gasteiger partial charge in [-0.25, -0.2) is 47.9 Å². The number of halogens is 11. The van der Waals surface area contributed by atoms with E-state index in [9.17, 15) is 56.7 Å². The lowest BCUT2D eigenvalue weighted by molar-refractivity contribution is -0.318. The van der Waals surface area contributed by atoms with Crippen LogP contribution in [0.1, 0.15) is 26.7 Å². The molecule has 1 atom stereocenters. The zero-order chi connectivity index (χ0) is 22.1. The van der Waals surface area contributed by atoms with Crippen molar-refractivity contribution in [2.24, 2.45) is 0 Å². The van der Waals surface area contributed by atoms with E-state index in [1.54, 1.807) is 0 Å². The third-order valence-corrected chi connectivity index (χ3v) is 3.89. The van der Waals surface area contributed by atoms with Crippen molar-refractivity contribution < 1.29 is 61.4 Å². The second-order valence-corrected chi connectivity index (χ2v) is 7.04. The Morgan fingerprint density at radius 3 is 1.52 bits per heavy atom. The highest BCUT2D eigenvalue weighted by molar-refractivity contribution is 7.72. The monoisotopic (exact) mass is 448 g/mol. The Labute approximate surface area is 147 Å². The molecule has 0 heterocycles. The summed E-state index contributed by atoms with van der Waals surface area (Å²) in [4.78, 5) is 0. The van der Waals surface area contributed by atoms with E-state index in [0.717, 1.165) is 0 Å². The normalized spacial score (nSPS) is 17.3. The average Bonchev–Trinajstić information content (AvgIpc) is 2.30. The molecule has 15 heteroatoms. The smallest absolute Gasteiger partial charge is 0.315 e. The van der Waals surface area contributed by atoms with Crippen molar-refractivity contribution in [2.45, 2.75) is 62.2 Å². The molecule has 0 aliphatic carbocycles. The van der Waals surface area contributed by atoms with Gasteiger partial charge in [0.1, 0.15) is 23.1 Å². The fourth-order valence-electron chi connectivity index (χ4n) is 1.61. The molecule has 0 rings (SSSR count). The molecule has 0 aromatic heterocycles. The van der Waals surface area contributed by atoms with E-state index in [0.29, 0.717) is 0 Å². The van der Waals surface area contributed by atoms with Gasteiger partial charge in [-0.3, -0.25) is 0 Å². The molecule has 0 bridgehead atoms. The molecule has 27 heavy (non-hydrogen) atoms. The minimum Gasteiger partial charge on any atom is -0.335 e. The van der Waals surface area contributed by atoms with Crippen LogP contribution >= 0.6 is 0 Å². The number of ether oxygens (including phenoxy) is 1. The van der Waals surface area contributed by atoms with Gasteiger partial charge in [-0.1, -0.05) is 0 Å². The summed E-state index contributed by atoms with van der Waals surface area (Å²) in [7, 11) is -3.79. The number of hydrogen-bond acceptors (Lipinski definition) is 3. The summed E-state index contributed by atoms with van der Waals surface area (Å²) in [6.07, 6.45) is -5.65. The summed E-state index contributed by atoms with van der Waals surface area (Å²) in [6, 6.07) is 0. The first kappa shape index (κ1) is 26.1. The van der Waals surface area contributed by atoms with E-state index in [1.165, 1.54) is 0 Å². The van der Waals surface area contributed by atoms with Crippen LogP contribution < -0.4 is 0 Å². The SMILES string of the molecule is CC(F)(F)C(F)(F)CC(F)(F)C(C)(F)OCC(F)(F)CC(F)(F)C[SH](=O)=O. The number of hydrogen-bond donors (Lipinski definition) is 1. The summed E-state index contributed by atoms with van der Waals surface area (Å²) in [5.41, 5.74) is 0. The van der Waals surface area contributed by atoms with Crippen LogP contribution in [0.2, 0.25) is 0 Å². The molecule has 0 amide bonds. The molecule has 0 saturated heterocycles. The molecule has 0 radical (unpaired) electrons. The highest BCUT2D eigenvalue weighted by Crippen LogP contribution is 2.47. The Kier molecular flexibility index (Phi) is 7.62. The molecule has 164 valence electrons. The summed E-state index contributed by atoms with van der Waals surface area (Å²) < 4.78 is 169. The highest BCUT2D eigenvalue weighted by Gasteiger charge is 2.64. The lowest BCUT2D eigenvalue weighted by Crippen LogP contribution is -2.52. The predicted molar refractivity (Wildman–Crippen MR) is 70.3 cm³/mol. The van der Waals surface area contributed by atoms with Gasteiger partial charge in [0.2, 0.25) is 0 Å². The molecule has 0 fully saturated rings. The molecule has 1 unspecified atom stereocenters. The topological polar surface area (TPSA) is 43.4 Å². The maximum atomic E-state index is 13.8. The molecule has 0 spiro atoms. The van der Waals surface area contributed by atoms with Gasteiger partial charge in [-0.05, 0) is 0 Å². The van der Waals surface area contributed by atoms with Crippen molar-refractivity contribution in [3.8, 4) is 0 Å². The second-order valence-electron chi connectivity index (χ2n) is 6.06. The van der Waals surface area contributed by atoms with Gasteiger partial charge in [0.25, 0.3) is 17.7 Å². The maximum Gasteiger partial charge on any atom is 0.315 e. The number of rotatable bonds is 11. The van der Waals surface area contributed by atoms with Crippen molar-refractivity contribution in [1.82, 2.24) is 0 Å². The first-order valence-electron chi connectivity index (χ1n) is 6.87. The lowest BCUT2D eigenvalue weighted by Gasteiger charge is -2.35. The van der Waals surface area contributed by atoms with Crippen molar-refractivity contribution >= 4 is 10.7 Å². The molecule has 3 nitrogen and oxygen atoms in total. The lowest BCUT2D eigenvalue weighted by atomic mass is 10.00. The summed E-state index contributed by atoms with van der Waals surface area (Å²) in [6.45, 7) is -3.23. The van der Waals surface area contributed by atoms with Gasteiger partial charge in [0, 0.05) is 13.8 Å². The quantitative estimate of drug-likeness (QED) is 0.379. The Balaban J connectivity index is 5.19. The van der Waals surface area contributed by atoms with Crippen molar-refractivity contribution in [3.05, 3.63) is 0 Å². The van der Waals surface area contributed by atoms with Gasteiger partial charge in [-0.15, -0.1) is 0 Å². The Morgan fingerprint density at radius 2 is 1.15 bits per heavy atom. The molecule has 0 aromatic carbocycles. The van der Waals surface area contributed by atoms with Crippen LogP contribution in [0.25, 0.3) is 0 Å². The third-order valence-electron chi connectivity index (χ3n) is 3.17. The van der Waals surface area contributed by atoms with Gasteiger partial charge >= 0.3 is 17.8 Å². The molecule has 0 N–H and O–H groups in total. The first-order valence-corrected chi connectivity index (χ1v) is 8.24. The average molecular weight is 448 g/mol. The fraction of sp³-hybridized carbons (Fsp3) is 1.00. The van der Waals surface area contributed by atoms with Crippen molar-refractivity contribution in [3.63, 3.8) is 0 Å². The minimum atomic E-state index is -5.44. The first-order chi connectivity index (χ1) is 11.5. The van der Waals surface area contributed by atoms with Crippen LogP contribution in [0.5, 0.6) is 0 Å². The van der Waals surface area contributed by atoms with Crippen LogP contribution in [0.15, 0.2) is 0 Å². The van der Waals surface area contributed by atoms with Gasteiger partial charge in [-0.2, -0.15) is 8.78 Å². The van der Waals surface area contributed by atoms with Crippen LogP contribution in [0, 0.1) is 0 Å².